The van der Waals surface area contributed by atoms with Gasteiger partial charge in [0, 0.05) is 26.1 Å². The standard InChI is InChI=1S/C16H19NO6.C8H17NO4.C8H4O3.CH3F/c1-8-11(7-18)23-16(22-2)12(13(8)19)17-14(20)9-5-3-4-6-10(9)15(17)21;1-4-5(3-10)13-8(12-2)6(9)7(4)11;9-7-5-3-1-2-4-6(5)8(10)11-7;1-2/h3-6,8,11-13,16,18-19H,7H2,1-2H3;4-8,10-11H,3,9H2,1-2H3;1-4H;1H3/t8-,11?,12?,13+,16-;4-,5?,6?,7+,8-;;/m11../s1/i;;;1D. The van der Waals surface area contributed by atoms with Crippen LogP contribution in [0.4, 0.5) is 4.39 Å². The SMILES string of the molecule is CO[C@@H]1OC(CO)[C@@H](C)[C@H](O)C1N.CO[C@@H]1OC(CO)[C@@H](C)[C@H](O)C1N1C(=O)c2ccccc2C1=O.O=C1OC(=O)c2ccccc21.[2H]CF. The average molecular weight is 696 g/mol. The summed E-state index contributed by atoms with van der Waals surface area (Å²) in [6, 6.07) is 11.5. The first-order chi connectivity index (χ1) is 23.8. The predicted molar refractivity (Wildman–Crippen MR) is 168 cm³/mol. The van der Waals surface area contributed by atoms with Gasteiger partial charge in [-0.3, -0.25) is 18.9 Å². The van der Waals surface area contributed by atoms with Gasteiger partial charge in [0.1, 0.15) is 6.04 Å². The van der Waals surface area contributed by atoms with Crippen LogP contribution in [-0.4, -0.2) is 133 Å². The van der Waals surface area contributed by atoms with E-state index in [1.807, 2.05) is 0 Å². The number of amides is 2. The predicted octanol–water partition coefficient (Wildman–Crippen LogP) is 0.269. The second-order valence-corrected chi connectivity index (χ2v) is 11.4. The van der Waals surface area contributed by atoms with E-state index in [0.717, 1.165) is 4.90 Å². The third kappa shape index (κ3) is 8.20. The van der Waals surface area contributed by atoms with Crippen molar-refractivity contribution in [2.24, 2.45) is 17.6 Å². The van der Waals surface area contributed by atoms with E-state index in [9.17, 15) is 38.9 Å². The Hall–Kier alpha value is -3.71. The number of alkyl halides is 1. The van der Waals surface area contributed by atoms with Crippen LogP contribution in [-0.2, 0) is 23.7 Å². The quantitative estimate of drug-likeness (QED) is 0.161. The molecule has 2 aromatic rings. The number of hydrogen-bond acceptors (Lipinski definition) is 14. The molecule has 2 saturated heterocycles. The Morgan fingerprint density at radius 2 is 1.16 bits per heavy atom. The number of halogens is 1. The number of cyclic esters (lactones) is 2. The summed E-state index contributed by atoms with van der Waals surface area (Å²) in [5.41, 5.74) is 6.98. The zero-order valence-corrected chi connectivity index (χ0v) is 27.4. The van der Waals surface area contributed by atoms with Crippen LogP contribution in [0.2, 0.25) is 0 Å². The van der Waals surface area contributed by atoms with E-state index < -0.39 is 85.9 Å². The van der Waals surface area contributed by atoms with Crippen molar-refractivity contribution in [3.8, 4) is 0 Å². The van der Waals surface area contributed by atoms with Crippen LogP contribution >= 0.6 is 0 Å². The number of hydrogen-bond donors (Lipinski definition) is 5. The van der Waals surface area contributed by atoms with Gasteiger partial charge in [0.2, 0.25) is 0 Å². The van der Waals surface area contributed by atoms with Crippen LogP contribution in [0.3, 0.4) is 0 Å². The molecule has 0 bridgehead atoms. The molecule has 0 radical (unpaired) electrons. The highest BCUT2D eigenvalue weighted by Crippen LogP contribution is 2.34. The molecule has 4 aliphatic rings. The number of carbonyl (C=O) groups excluding carboxylic acids is 4. The van der Waals surface area contributed by atoms with Gasteiger partial charge in [0.05, 0.1) is 74.4 Å². The van der Waals surface area contributed by atoms with E-state index >= 15 is 0 Å². The maximum Gasteiger partial charge on any atom is 0.346 e. The highest BCUT2D eigenvalue weighted by atomic mass is 19.1. The van der Waals surface area contributed by atoms with Gasteiger partial charge in [-0.2, -0.15) is 0 Å². The molecule has 6 rings (SSSR count). The number of esters is 2. The molecule has 4 aliphatic heterocycles. The van der Waals surface area contributed by atoms with Gasteiger partial charge in [-0.1, -0.05) is 38.1 Å². The molecule has 0 spiro atoms. The Bertz CT molecular complexity index is 1390. The Kier molecular flexibility index (Phi) is 13.8. The third-order valence-corrected chi connectivity index (χ3v) is 8.71. The van der Waals surface area contributed by atoms with E-state index in [-0.39, 0.29) is 19.1 Å². The summed E-state index contributed by atoms with van der Waals surface area (Å²) in [6.07, 6.45) is -4.42. The van der Waals surface area contributed by atoms with Crippen molar-refractivity contribution >= 4 is 23.8 Å². The van der Waals surface area contributed by atoms with E-state index in [4.69, 9.17) is 31.2 Å². The minimum Gasteiger partial charge on any atom is -0.394 e. The van der Waals surface area contributed by atoms with Crippen LogP contribution < -0.4 is 5.73 Å². The number of benzene rings is 2. The van der Waals surface area contributed by atoms with E-state index in [1.165, 1.54) is 14.2 Å². The number of rotatable bonds is 5. The summed E-state index contributed by atoms with van der Waals surface area (Å²) in [5, 5.41) is 38.5. The fourth-order valence-electron chi connectivity index (χ4n) is 5.80. The van der Waals surface area contributed by atoms with Gasteiger partial charge >= 0.3 is 11.9 Å². The van der Waals surface area contributed by atoms with Crippen molar-refractivity contribution in [2.75, 3.05) is 34.6 Å². The van der Waals surface area contributed by atoms with Crippen molar-refractivity contribution in [3.05, 3.63) is 70.8 Å². The molecular weight excluding hydrogens is 651 g/mol. The largest absolute Gasteiger partial charge is 0.394 e. The van der Waals surface area contributed by atoms with Gasteiger partial charge in [-0.05, 0) is 24.3 Å². The molecule has 4 unspecified atom stereocenters. The third-order valence-electron chi connectivity index (χ3n) is 8.71. The van der Waals surface area contributed by atoms with Crippen molar-refractivity contribution in [1.82, 2.24) is 4.90 Å². The van der Waals surface area contributed by atoms with Gasteiger partial charge in [0.25, 0.3) is 11.8 Å². The molecule has 6 N–H and O–H groups in total. The summed E-state index contributed by atoms with van der Waals surface area (Å²) in [6.45, 7) is 3.07. The van der Waals surface area contributed by atoms with Gasteiger partial charge < -0.3 is 49.8 Å². The number of nitrogens with zero attached hydrogens (tertiary/aromatic N) is 1. The molecule has 0 aromatic heterocycles. The molecule has 15 nitrogen and oxygen atoms in total. The van der Waals surface area contributed by atoms with Gasteiger partial charge in [-0.15, -0.1) is 0 Å². The van der Waals surface area contributed by atoms with Crippen LogP contribution in [0, 0.1) is 11.8 Å². The number of imide groups is 1. The first-order valence-electron chi connectivity index (χ1n) is 15.9. The Labute approximate surface area is 283 Å². The first-order valence-corrected chi connectivity index (χ1v) is 15.2. The minimum atomic E-state index is -1.06. The lowest BCUT2D eigenvalue weighted by Crippen LogP contribution is -2.63. The van der Waals surface area contributed by atoms with Crippen LogP contribution in [0.15, 0.2) is 48.5 Å². The number of nitrogens with two attached hydrogens (primary N) is 1. The number of aliphatic hydroxyl groups excluding tert-OH is 4. The summed E-state index contributed by atoms with van der Waals surface area (Å²) >= 11 is 0. The van der Waals surface area contributed by atoms with Gasteiger partial charge in [0.15, 0.2) is 12.6 Å². The van der Waals surface area contributed by atoms with Crippen LogP contribution in [0.1, 0.15) is 56.7 Å². The monoisotopic (exact) mass is 695 g/mol. The maximum atomic E-state index is 12.6. The zero-order valence-electron chi connectivity index (χ0n) is 28.4. The van der Waals surface area contributed by atoms with Gasteiger partial charge in [-0.25, -0.2) is 9.59 Å². The zero-order chi connectivity index (χ0) is 37.3. The lowest BCUT2D eigenvalue weighted by atomic mass is 9.88. The molecule has 49 heavy (non-hydrogen) atoms. The normalized spacial score (nSPS) is 31.9. The lowest BCUT2D eigenvalue weighted by Gasteiger charge is -2.45. The van der Waals surface area contributed by atoms with Crippen molar-refractivity contribution in [3.63, 3.8) is 0 Å². The van der Waals surface area contributed by atoms with E-state index in [0.29, 0.717) is 22.3 Å². The van der Waals surface area contributed by atoms with Crippen molar-refractivity contribution in [1.29, 1.82) is 0 Å². The molecule has 0 saturated carbocycles. The molecule has 10 atom stereocenters. The Balaban J connectivity index is 0.000000212. The summed E-state index contributed by atoms with van der Waals surface area (Å²) in [5.74, 6) is -2.69. The fraction of sp³-hybridized carbons (Fsp3) is 0.515. The molecule has 2 amide bonds. The number of carbonyl (C=O) groups is 4. The van der Waals surface area contributed by atoms with E-state index in [1.54, 1.807) is 62.4 Å². The highest BCUT2D eigenvalue weighted by molar-refractivity contribution is 6.21. The molecule has 2 aromatic carbocycles. The lowest BCUT2D eigenvalue weighted by molar-refractivity contribution is -0.256. The highest BCUT2D eigenvalue weighted by Gasteiger charge is 2.52. The maximum absolute atomic E-state index is 12.6. The number of fused-ring (bicyclic) bond motifs is 2. The second kappa shape index (κ2) is 17.8. The fourth-order valence-corrected chi connectivity index (χ4v) is 5.80. The Morgan fingerprint density at radius 1 is 0.776 bits per heavy atom. The van der Waals surface area contributed by atoms with Crippen molar-refractivity contribution < 1.29 is 69.0 Å². The van der Waals surface area contributed by atoms with Crippen LogP contribution in [0.25, 0.3) is 0 Å². The smallest absolute Gasteiger partial charge is 0.346 e. The number of ether oxygens (including phenoxy) is 5. The second-order valence-electron chi connectivity index (χ2n) is 11.4. The van der Waals surface area contributed by atoms with Crippen LogP contribution in [0.5, 0.6) is 0 Å². The summed E-state index contributed by atoms with van der Waals surface area (Å²) in [4.78, 5) is 47.9. The van der Waals surface area contributed by atoms with Crippen molar-refractivity contribution in [2.45, 2.75) is 62.9 Å². The summed E-state index contributed by atoms with van der Waals surface area (Å²) < 4.78 is 40.9. The molecule has 2 fully saturated rings. The number of aliphatic hydroxyl groups is 4. The molecule has 270 valence electrons. The molecule has 16 heteroatoms. The molecule has 0 aliphatic carbocycles. The topological polar surface area (TPSA) is 225 Å². The average Bonchev–Trinajstić information content (AvgIpc) is 3.56. The first kappa shape index (κ1) is 38.1. The Morgan fingerprint density at radius 3 is 1.57 bits per heavy atom. The molecule has 4 heterocycles. The molecular formula is C33H43FN2O13. The minimum absolute atomic E-state index is 0.134. The summed E-state index contributed by atoms with van der Waals surface area (Å²) in [7, 11) is 1.83. The van der Waals surface area contributed by atoms with E-state index in [2.05, 4.69) is 4.74 Å². The number of methoxy groups -OCH3 is 2.